The topological polar surface area (TPSA) is 44.1 Å². The average Bonchev–Trinajstić information content (AvgIpc) is 2.25. The van der Waals surface area contributed by atoms with Gasteiger partial charge < -0.3 is 4.90 Å². The molecule has 1 aromatic carbocycles. The molecule has 0 aliphatic heterocycles. The number of ketones is 1. The Balaban J connectivity index is 3.12. The number of benzene rings is 1. The van der Waals surface area contributed by atoms with Crippen molar-refractivity contribution >= 4 is 17.4 Å². The van der Waals surface area contributed by atoms with Crippen molar-refractivity contribution in [3.05, 3.63) is 46.6 Å². The van der Waals surface area contributed by atoms with Gasteiger partial charge in [0.25, 0.3) is 0 Å². The number of nitriles is 1. The molecule has 0 N–H and O–H groups in total. The Bertz CT molecular complexity index is 472. The monoisotopic (exact) mass is 234 g/mol. The molecule has 0 unspecified atom stereocenters. The number of rotatable bonds is 3. The second-order valence-electron chi connectivity index (χ2n) is 3.43. The third-order valence-corrected chi connectivity index (χ3v) is 2.20. The van der Waals surface area contributed by atoms with E-state index in [4.69, 9.17) is 16.9 Å². The highest BCUT2D eigenvalue weighted by Crippen LogP contribution is 2.18. The van der Waals surface area contributed by atoms with Crippen molar-refractivity contribution in [3.8, 4) is 6.07 Å². The van der Waals surface area contributed by atoms with Crippen LogP contribution in [-0.2, 0) is 0 Å². The molecular weight excluding hydrogens is 224 g/mol. The molecule has 0 saturated heterocycles. The minimum atomic E-state index is -0.359. The number of hydrogen-bond donors (Lipinski definition) is 0. The van der Waals surface area contributed by atoms with E-state index in [9.17, 15) is 4.79 Å². The molecule has 0 amide bonds. The third kappa shape index (κ3) is 2.85. The Morgan fingerprint density at radius 2 is 2.06 bits per heavy atom. The maximum atomic E-state index is 11.9. The molecule has 0 aliphatic carbocycles. The van der Waals surface area contributed by atoms with Crippen LogP contribution >= 0.6 is 11.6 Å². The number of carbonyl (C=O) groups is 1. The first-order valence-corrected chi connectivity index (χ1v) is 5.01. The summed E-state index contributed by atoms with van der Waals surface area (Å²) in [5, 5.41) is 9.24. The minimum absolute atomic E-state index is 0.0677. The molecule has 0 saturated carbocycles. The van der Waals surface area contributed by atoms with Gasteiger partial charge >= 0.3 is 0 Å². The van der Waals surface area contributed by atoms with Crippen molar-refractivity contribution in [3.63, 3.8) is 0 Å². The molecule has 0 aromatic heterocycles. The fourth-order valence-corrected chi connectivity index (χ4v) is 1.41. The maximum absolute atomic E-state index is 11.9. The Morgan fingerprint density at radius 1 is 1.44 bits per heavy atom. The Labute approximate surface area is 99.5 Å². The highest BCUT2D eigenvalue weighted by atomic mass is 35.5. The standard InChI is InChI=1S/C12H11ClN2O/c1-15(2)8-9(7-14)12(16)10-5-3-4-6-11(10)13/h3-6,8H,1-2H3/b9-8+. The summed E-state index contributed by atoms with van der Waals surface area (Å²) < 4.78 is 0. The number of halogens is 1. The summed E-state index contributed by atoms with van der Waals surface area (Å²) in [6.45, 7) is 0. The number of hydrogen-bond acceptors (Lipinski definition) is 3. The van der Waals surface area contributed by atoms with E-state index < -0.39 is 0 Å². The zero-order valence-corrected chi connectivity index (χ0v) is 9.82. The van der Waals surface area contributed by atoms with Crippen molar-refractivity contribution in [2.45, 2.75) is 0 Å². The molecule has 0 atom stereocenters. The number of Topliss-reactive ketones (excluding diaryl/α,β-unsaturated/α-hetero) is 1. The Hall–Kier alpha value is -1.79. The number of carbonyl (C=O) groups excluding carboxylic acids is 1. The molecule has 1 aromatic rings. The molecule has 0 bridgehead atoms. The Morgan fingerprint density at radius 3 is 2.56 bits per heavy atom. The number of allylic oxidation sites excluding steroid dienone is 1. The quantitative estimate of drug-likeness (QED) is 0.459. The molecular formula is C12H11ClN2O. The summed E-state index contributed by atoms with van der Waals surface area (Å²) >= 11 is 5.89. The normalized spacial score (nSPS) is 10.8. The summed E-state index contributed by atoms with van der Waals surface area (Å²) in [4.78, 5) is 13.6. The number of nitrogens with zero attached hydrogens (tertiary/aromatic N) is 2. The fraction of sp³-hybridized carbons (Fsp3) is 0.167. The summed E-state index contributed by atoms with van der Waals surface area (Å²) in [6, 6.07) is 8.55. The Kier molecular flexibility index (Phi) is 4.10. The first kappa shape index (κ1) is 12.3. The van der Waals surface area contributed by atoms with Crippen LogP contribution in [-0.4, -0.2) is 24.8 Å². The van der Waals surface area contributed by atoms with Gasteiger partial charge in [-0.05, 0) is 12.1 Å². The smallest absolute Gasteiger partial charge is 0.206 e. The van der Waals surface area contributed by atoms with E-state index in [1.807, 2.05) is 6.07 Å². The van der Waals surface area contributed by atoms with Crippen molar-refractivity contribution in [1.82, 2.24) is 4.90 Å². The summed E-state index contributed by atoms with van der Waals surface area (Å²) in [6.07, 6.45) is 1.48. The lowest BCUT2D eigenvalue weighted by molar-refractivity contribution is 0.103. The summed E-state index contributed by atoms with van der Waals surface area (Å²) in [7, 11) is 3.49. The van der Waals surface area contributed by atoms with Crippen molar-refractivity contribution in [2.24, 2.45) is 0 Å². The van der Waals surface area contributed by atoms with E-state index in [1.165, 1.54) is 6.20 Å². The van der Waals surface area contributed by atoms with Gasteiger partial charge in [0.2, 0.25) is 5.78 Å². The molecule has 4 heteroatoms. The van der Waals surface area contributed by atoms with Gasteiger partial charge in [-0.1, -0.05) is 23.7 Å². The van der Waals surface area contributed by atoms with E-state index in [1.54, 1.807) is 43.3 Å². The van der Waals surface area contributed by atoms with Gasteiger partial charge in [-0.25, -0.2) is 0 Å². The van der Waals surface area contributed by atoms with Crippen molar-refractivity contribution < 1.29 is 4.79 Å². The fourth-order valence-electron chi connectivity index (χ4n) is 1.19. The van der Waals surface area contributed by atoms with Gasteiger partial charge in [-0.2, -0.15) is 5.26 Å². The first-order chi connectivity index (χ1) is 7.56. The lowest BCUT2D eigenvalue weighted by atomic mass is 10.1. The predicted octanol–water partition coefficient (Wildman–Crippen LogP) is 2.49. The maximum Gasteiger partial charge on any atom is 0.206 e. The zero-order chi connectivity index (χ0) is 12.1. The predicted molar refractivity (Wildman–Crippen MR) is 63.2 cm³/mol. The highest BCUT2D eigenvalue weighted by Gasteiger charge is 2.14. The molecule has 82 valence electrons. The lowest BCUT2D eigenvalue weighted by Gasteiger charge is -2.06. The van der Waals surface area contributed by atoms with Crippen LogP contribution in [0.1, 0.15) is 10.4 Å². The van der Waals surface area contributed by atoms with Gasteiger partial charge in [0.05, 0.1) is 5.02 Å². The van der Waals surface area contributed by atoms with Gasteiger partial charge in [0, 0.05) is 25.9 Å². The van der Waals surface area contributed by atoms with Crippen LogP contribution < -0.4 is 0 Å². The largest absolute Gasteiger partial charge is 0.382 e. The highest BCUT2D eigenvalue weighted by molar-refractivity contribution is 6.35. The molecule has 0 aliphatic rings. The average molecular weight is 235 g/mol. The van der Waals surface area contributed by atoms with E-state index >= 15 is 0 Å². The van der Waals surface area contributed by atoms with Crippen LogP contribution in [0, 0.1) is 11.3 Å². The second kappa shape index (κ2) is 5.34. The van der Waals surface area contributed by atoms with Crippen LogP contribution in [0.15, 0.2) is 36.0 Å². The first-order valence-electron chi connectivity index (χ1n) is 4.64. The van der Waals surface area contributed by atoms with Crippen LogP contribution in [0.2, 0.25) is 5.02 Å². The molecule has 0 spiro atoms. The third-order valence-electron chi connectivity index (χ3n) is 1.87. The van der Waals surface area contributed by atoms with Crippen LogP contribution in [0.4, 0.5) is 0 Å². The van der Waals surface area contributed by atoms with E-state index in [0.717, 1.165) is 0 Å². The SMILES string of the molecule is CN(C)/C=C(\C#N)C(=O)c1ccccc1Cl. The summed E-state index contributed by atoms with van der Waals surface area (Å²) in [5.41, 5.74) is 0.414. The molecule has 0 fully saturated rings. The molecule has 3 nitrogen and oxygen atoms in total. The van der Waals surface area contributed by atoms with Gasteiger partial charge in [-0.3, -0.25) is 4.79 Å². The molecule has 1 rings (SSSR count). The molecule has 16 heavy (non-hydrogen) atoms. The van der Waals surface area contributed by atoms with Crippen LogP contribution in [0.5, 0.6) is 0 Å². The lowest BCUT2D eigenvalue weighted by Crippen LogP contribution is -2.09. The van der Waals surface area contributed by atoms with E-state index in [-0.39, 0.29) is 11.4 Å². The van der Waals surface area contributed by atoms with Gasteiger partial charge in [0.15, 0.2) is 0 Å². The molecule has 0 heterocycles. The van der Waals surface area contributed by atoms with Crippen LogP contribution in [0.3, 0.4) is 0 Å². The van der Waals surface area contributed by atoms with E-state index in [2.05, 4.69) is 0 Å². The van der Waals surface area contributed by atoms with Crippen molar-refractivity contribution in [1.29, 1.82) is 5.26 Å². The molecule has 0 radical (unpaired) electrons. The van der Waals surface area contributed by atoms with Crippen molar-refractivity contribution in [2.75, 3.05) is 14.1 Å². The van der Waals surface area contributed by atoms with Gasteiger partial charge in [0.1, 0.15) is 11.6 Å². The summed E-state index contributed by atoms with van der Waals surface area (Å²) in [5.74, 6) is -0.359. The van der Waals surface area contributed by atoms with Crippen LogP contribution in [0.25, 0.3) is 0 Å². The van der Waals surface area contributed by atoms with Gasteiger partial charge in [-0.15, -0.1) is 0 Å². The van der Waals surface area contributed by atoms with E-state index in [0.29, 0.717) is 10.6 Å². The minimum Gasteiger partial charge on any atom is -0.382 e. The second-order valence-corrected chi connectivity index (χ2v) is 3.83. The zero-order valence-electron chi connectivity index (χ0n) is 9.07.